The Kier molecular flexibility index (Phi) is 6.26. The second kappa shape index (κ2) is 9.50. The maximum absolute atomic E-state index is 5.90. The molecule has 0 radical (unpaired) electrons. The van der Waals surface area contributed by atoms with Crippen molar-refractivity contribution in [2.75, 3.05) is 0 Å². The summed E-state index contributed by atoms with van der Waals surface area (Å²) in [6, 6.07) is 26.6. The molecule has 176 valence electrons. The van der Waals surface area contributed by atoms with Crippen molar-refractivity contribution < 1.29 is 4.42 Å². The highest BCUT2D eigenvalue weighted by Crippen LogP contribution is 2.32. The van der Waals surface area contributed by atoms with Crippen LogP contribution in [0, 0.1) is 6.92 Å². The summed E-state index contributed by atoms with van der Waals surface area (Å²) >= 11 is 1.53. The van der Waals surface area contributed by atoms with Gasteiger partial charge in [-0.1, -0.05) is 93.2 Å². The van der Waals surface area contributed by atoms with Gasteiger partial charge < -0.3 is 4.42 Å². The van der Waals surface area contributed by atoms with Crippen LogP contribution in [0.25, 0.3) is 28.5 Å². The van der Waals surface area contributed by atoms with Crippen molar-refractivity contribution in [1.82, 2.24) is 25.0 Å². The summed E-state index contributed by atoms with van der Waals surface area (Å²) in [4.78, 5) is 0. The van der Waals surface area contributed by atoms with Crippen molar-refractivity contribution >= 4 is 11.8 Å². The van der Waals surface area contributed by atoms with Crippen molar-refractivity contribution in [2.45, 2.75) is 44.0 Å². The summed E-state index contributed by atoms with van der Waals surface area (Å²) in [6.45, 7) is 8.74. The second-order valence-corrected chi connectivity index (χ2v) is 10.4. The van der Waals surface area contributed by atoms with Crippen molar-refractivity contribution in [3.8, 4) is 28.5 Å². The molecule has 0 saturated heterocycles. The SMILES string of the molecule is Cc1ccccc1-n1c(SCc2nnc(-c3ccccc3)o2)nnc1-c1ccc(C(C)(C)C)cc1. The molecule has 0 bridgehead atoms. The van der Waals surface area contributed by atoms with E-state index in [1.54, 1.807) is 0 Å². The van der Waals surface area contributed by atoms with Gasteiger partial charge in [-0.25, -0.2) is 0 Å². The van der Waals surface area contributed by atoms with Crippen LogP contribution in [0.4, 0.5) is 0 Å². The topological polar surface area (TPSA) is 69.6 Å². The normalized spacial score (nSPS) is 11.7. The van der Waals surface area contributed by atoms with Crippen molar-refractivity contribution in [2.24, 2.45) is 0 Å². The summed E-state index contributed by atoms with van der Waals surface area (Å²) in [7, 11) is 0. The molecule has 35 heavy (non-hydrogen) atoms. The van der Waals surface area contributed by atoms with Crippen molar-refractivity contribution in [3.63, 3.8) is 0 Å². The van der Waals surface area contributed by atoms with Gasteiger partial charge in [-0.2, -0.15) is 0 Å². The Morgan fingerprint density at radius 3 is 2.20 bits per heavy atom. The van der Waals surface area contributed by atoms with Crippen LogP contribution >= 0.6 is 11.8 Å². The van der Waals surface area contributed by atoms with E-state index in [1.165, 1.54) is 17.3 Å². The lowest BCUT2D eigenvalue weighted by Gasteiger charge is -2.19. The summed E-state index contributed by atoms with van der Waals surface area (Å²) in [6.07, 6.45) is 0. The predicted molar refractivity (Wildman–Crippen MR) is 140 cm³/mol. The molecule has 0 aliphatic heterocycles. The first-order valence-corrected chi connectivity index (χ1v) is 12.5. The summed E-state index contributed by atoms with van der Waals surface area (Å²) in [5, 5.41) is 18.3. The minimum atomic E-state index is 0.0892. The highest BCUT2D eigenvalue weighted by atomic mass is 32.2. The number of hydrogen-bond acceptors (Lipinski definition) is 6. The van der Waals surface area contributed by atoms with Gasteiger partial charge in [0.25, 0.3) is 0 Å². The van der Waals surface area contributed by atoms with Gasteiger partial charge in [0.05, 0.1) is 11.4 Å². The maximum Gasteiger partial charge on any atom is 0.247 e. The largest absolute Gasteiger partial charge is 0.420 e. The van der Waals surface area contributed by atoms with E-state index in [0.29, 0.717) is 17.5 Å². The third-order valence-corrected chi connectivity index (χ3v) is 6.72. The number of aryl methyl sites for hydroxylation is 1. The Balaban J connectivity index is 1.47. The predicted octanol–water partition coefficient (Wildman–Crippen LogP) is 6.88. The fourth-order valence-electron chi connectivity index (χ4n) is 3.84. The lowest BCUT2D eigenvalue weighted by molar-refractivity contribution is 0.528. The van der Waals surface area contributed by atoms with Gasteiger partial charge in [0.2, 0.25) is 11.8 Å². The van der Waals surface area contributed by atoms with Crippen LogP contribution in [0.5, 0.6) is 0 Å². The van der Waals surface area contributed by atoms with Gasteiger partial charge >= 0.3 is 0 Å². The highest BCUT2D eigenvalue weighted by Gasteiger charge is 2.20. The van der Waals surface area contributed by atoms with E-state index in [2.05, 4.69) is 89.1 Å². The van der Waals surface area contributed by atoms with Gasteiger partial charge in [-0.15, -0.1) is 20.4 Å². The van der Waals surface area contributed by atoms with E-state index in [-0.39, 0.29) is 5.41 Å². The quantitative estimate of drug-likeness (QED) is 0.246. The fourth-order valence-corrected chi connectivity index (χ4v) is 4.62. The first-order chi connectivity index (χ1) is 16.9. The monoisotopic (exact) mass is 481 g/mol. The van der Waals surface area contributed by atoms with E-state index in [4.69, 9.17) is 4.42 Å². The van der Waals surface area contributed by atoms with Gasteiger partial charge in [0.15, 0.2) is 11.0 Å². The third kappa shape index (κ3) is 4.91. The molecule has 0 N–H and O–H groups in total. The molecule has 5 aromatic rings. The molecular weight excluding hydrogens is 454 g/mol. The lowest BCUT2D eigenvalue weighted by Crippen LogP contribution is -2.10. The summed E-state index contributed by atoms with van der Waals surface area (Å²) in [5.41, 5.74) is 5.48. The van der Waals surface area contributed by atoms with Crippen LogP contribution < -0.4 is 0 Å². The molecule has 0 atom stereocenters. The zero-order valence-electron chi connectivity index (χ0n) is 20.3. The lowest BCUT2D eigenvalue weighted by atomic mass is 9.87. The highest BCUT2D eigenvalue weighted by molar-refractivity contribution is 7.98. The number of benzene rings is 3. The molecule has 0 saturated carbocycles. The average Bonchev–Trinajstić information content (AvgIpc) is 3.50. The molecule has 0 amide bonds. The second-order valence-electron chi connectivity index (χ2n) is 9.41. The summed E-state index contributed by atoms with van der Waals surface area (Å²) < 4.78 is 8.01. The zero-order valence-corrected chi connectivity index (χ0v) is 21.1. The van der Waals surface area contributed by atoms with E-state index >= 15 is 0 Å². The smallest absolute Gasteiger partial charge is 0.247 e. The Hall–Kier alpha value is -3.71. The number of para-hydroxylation sites is 1. The first kappa shape index (κ1) is 23.1. The molecule has 2 aromatic heterocycles. The molecule has 6 nitrogen and oxygen atoms in total. The standard InChI is InChI=1S/C28H27N5OS/c1-19-10-8-9-13-23(19)33-25(20-14-16-22(17-15-20)28(2,3)4)30-32-27(33)35-18-24-29-31-26(34-24)21-11-6-5-7-12-21/h5-17H,18H2,1-4H3. The Morgan fingerprint density at radius 2 is 1.49 bits per heavy atom. The van der Waals surface area contributed by atoms with Gasteiger partial charge in [0, 0.05) is 11.1 Å². The number of hydrogen-bond donors (Lipinski definition) is 0. The van der Waals surface area contributed by atoms with Crippen LogP contribution in [0.15, 0.2) is 88.4 Å². The van der Waals surface area contributed by atoms with Crippen LogP contribution in [-0.4, -0.2) is 25.0 Å². The molecule has 3 aromatic carbocycles. The van der Waals surface area contributed by atoms with Crippen LogP contribution in [0.3, 0.4) is 0 Å². The van der Waals surface area contributed by atoms with Gasteiger partial charge in [-0.05, 0) is 41.7 Å². The Labute approximate surface area is 209 Å². The van der Waals surface area contributed by atoms with Crippen LogP contribution in [0.2, 0.25) is 0 Å². The number of nitrogens with zero attached hydrogens (tertiary/aromatic N) is 5. The molecule has 0 unspecified atom stereocenters. The molecule has 7 heteroatoms. The third-order valence-electron chi connectivity index (χ3n) is 5.81. The molecule has 5 rings (SSSR count). The molecule has 2 heterocycles. The number of thioether (sulfide) groups is 1. The van der Waals surface area contributed by atoms with Crippen LogP contribution in [0.1, 0.15) is 37.8 Å². The molecule has 0 aliphatic rings. The van der Waals surface area contributed by atoms with E-state index < -0.39 is 0 Å². The Bertz CT molecular complexity index is 1430. The van der Waals surface area contributed by atoms with Crippen molar-refractivity contribution in [1.29, 1.82) is 0 Å². The minimum Gasteiger partial charge on any atom is -0.420 e. The molecular formula is C28H27N5OS. The molecule has 0 fully saturated rings. The Morgan fingerprint density at radius 1 is 0.771 bits per heavy atom. The van der Waals surface area contributed by atoms with Crippen LogP contribution in [-0.2, 0) is 11.2 Å². The first-order valence-electron chi connectivity index (χ1n) is 11.5. The van der Waals surface area contributed by atoms with Gasteiger partial charge in [0.1, 0.15) is 0 Å². The van der Waals surface area contributed by atoms with E-state index in [1.807, 2.05) is 42.5 Å². The van der Waals surface area contributed by atoms with E-state index in [0.717, 1.165) is 33.4 Å². The molecule has 0 aliphatic carbocycles. The number of aromatic nitrogens is 5. The minimum absolute atomic E-state index is 0.0892. The fraction of sp³-hybridized carbons (Fsp3) is 0.214. The summed E-state index contributed by atoms with van der Waals surface area (Å²) in [5.74, 6) is 2.36. The zero-order chi connectivity index (χ0) is 24.4. The van der Waals surface area contributed by atoms with Gasteiger partial charge in [-0.3, -0.25) is 4.57 Å². The average molecular weight is 482 g/mol. The maximum atomic E-state index is 5.90. The van der Waals surface area contributed by atoms with E-state index in [9.17, 15) is 0 Å². The molecule has 0 spiro atoms. The van der Waals surface area contributed by atoms with Crippen molar-refractivity contribution in [3.05, 3.63) is 95.9 Å². The number of rotatable bonds is 6.